The molecule has 1 N–H and O–H groups in total. The standard InChI is InChI=1S/C9H9NO5/c1-6(15-9(11)12)7-4-2-3-5-8(7)10(13)14/h2-6H,1H3,(H,11,12). The molecule has 6 heteroatoms. The molecule has 0 amide bonds. The quantitative estimate of drug-likeness (QED) is 0.470. The molecule has 1 unspecified atom stereocenters. The Bertz CT molecular complexity index is 390. The lowest BCUT2D eigenvalue weighted by Gasteiger charge is -2.10. The Morgan fingerprint density at radius 1 is 1.53 bits per heavy atom. The zero-order valence-electron chi connectivity index (χ0n) is 7.91. The minimum absolute atomic E-state index is 0.147. The first-order valence-electron chi connectivity index (χ1n) is 4.15. The van der Waals surface area contributed by atoms with Crippen molar-refractivity contribution in [2.45, 2.75) is 13.0 Å². The number of nitro benzene ring substituents is 1. The van der Waals surface area contributed by atoms with Crippen LogP contribution >= 0.6 is 0 Å². The minimum Gasteiger partial charge on any atom is -0.450 e. The smallest absolute Gasteiger partial charge is 0.450 e. The number of nitrogens with zero attached hydrogens (tertiary/aromatic N) is 1. The van der Waals surface area contributed by atoms with Crippen molar-refractivity contribution in [2.75, 3.05) is 0 Å². The molecule has 0 radical (unpaired) electrons. The van der Waals surface area contributed by atoms with Crippen LogP contribution in [0.25, 0.3) is 0 Å². The molecule has 1 aromatic rings. The van der Waals surface area contributed by atoms with Crippen LogP contribution in [0.2, 0.25) is 0 Å². The largest absolute Gasteiger partial charge is 0.506 e. The highest BCUT2D eigenvalue weighted by Gasteiger charge is 2.20. The van der Waals surface area contributed by atoms with E-state index in [-0.39, 0.29) is 11.3 Å². The molecule has 0 saturated heterocycles. The van der Waals surface area contributed by atoms with Gasteiger partial charge in [0.1, 0.15) is 6.10 Å². The highest BCUT2D eigenvalue weighted by Crippen LogP contribution is 2.26. The molecular weight excluding hydrogens is 202 g/mol. The lowest BCUT2D eigenvalue weighted by atomic mass is 10.1. The summed E-state index contributed by atoms with van der Waals surface area (Å²) in [6, 6.07) is 5.86. The molecule has 0 aliphatic rings. The fourth-order valence-electron chi connectivity index (χ4n) is 1.21. The molecule has 0 aromatic heterocycles. The van der Waals surface area contributed by atoms with Gasteiger partial charge in [-0.05, 0) is 13.0 Å². The van der Waals surface area contributed by atoms with Gasteiger partial charge in [-0.2, -0.15) is 0 Å². The van der Waals surface area contributed by atoms with Gasteiger partial charge in [-0.3, -0.25) is 10.1 Å². The number of hydrogen-bond donors (Lipinski definition) is 1. The summed E-state index contributed by atoms with van der Waals surface area (Å²) in [4.78, 5) is 20.3. The van der Waals surface area contributed by atoms with Gasteiger partial charge in [0.25, 0.3) is 5.69 Å². The lowest BCUT2D eigenvalue weighted by molar-refractivity contribution is -0.386. The van der Waals surface area contributed by atoms with Crippen LogP contribution < -0.4 is 0 Å². The summed E-state index contributed by atoms with van der Waals surface area (Å²) in [6.07, 6.45) is -2.32. The van der Waals surface area contributed by atoms with Crippen LogP contribution in [0.5, 0.6) is 0 Å². The average Bonchev–Trinajstić information content (AvgIpc) is 2.16. The van der Waals surface area contributed by atoms with Gasteiger partial charge in [-0.15, -0.1) is 0 Å². The van der Waals surface area contributed by atoms with E-state index in [1.54, 1.807) is 6.07 Å². The van der Waals surface area contributed by atoms with Gasteiger partial charge >= 0.3 is 6.16 Å². The number of nitro groups is 1. The summed E-state index contributed by atoms with van der Waals surface area (Å²) in [5.74, 6) is 0. The zero-order valence-corrected chi connectivity index (χ0v) is 7.91. The van der Waals surface area contributed by atoms with Crippen molar-refractivity contribution in [3.05, 3.63) is 39.9 Å². The Kier molecular flexibility index (Phi) is 3.22. The average molecular weight is 211 g/mol. The van der Waals surface area contributed by atoms with Crippen LogP contribution in [-0.4, -0.2) is 16.2 Å². The second-order valence-electron chi connectivity index (χ2n) is 2.84. The molecule has 1 rings (SSSR count). The Morgan fingerprint density at radius 2 is 2.13 bits per heavy atom. The van der Waals surface area contributed by atoms with E-state index in [0.29, 0.717) is 0 Å². The van der Waals surface area contributed by atoms with Crippen molar-refractivity contribution in [2.24, 2.45) is 0 Å². The van der Waals surface area contributed by atoms with Crippen LogP contribution in [-0.2, 0) is 4.74 Å². The third kappa shape index (κ3) is 2.67. The van der Waals surface area contributed by atoms with Crippen LogP contribution in [0.1, 0.15) is 18.6 Å². The molecule has 0 aliphatic heterocycles. The first kappa shape index (κ1) is 11.0. The molecule has 0 bridgehead atoms. The van der Waals surface area contributed by atoms with Gasteiger partial charge in [0.05, 0.1) is 10.5 Å². The normalized spacial score (nSPS) is 11.8. The molecule has 1 atom stereocenters. The second-order valence-corrected chi connectivity index (χ2v) is 2.84. The number of ether oxygens (including phenoxy) is 1. The minimum atomic E-state index is -1.46. The molecule has 0 spiro atoms. The molecule has 0 heterocycles. The number of rotatable bonds is 3. The van der Waals surface area contributed by atoms with E-state index in [4.69, 9.17) is 5.11 Å². The monoisotopic (exact) mass is 211 g/mol. The Labute approximate surface area is 85.2 Å². The van der Waals surface area contributed by atoms with Crippen molar-refractivity contribution in [1.29, 1.82) is 0 Å². The molecule has 80 valence electrons. The van der Waals surface area contributed by atoms with E-state index in [2.05, 4.69) is 4.74 Å². The Balaban J connectivity index is 3.02. The molecule has 0 aliphatic carbocycles. The van der Waals surface area contributed by atoms with Crippen LogP contribution in [0.15, 0.2) is 24.3 Å². The third-order valence-corrected chi connectivity index (χ3v) is 1.85. The zero-order chi connectivity index (χ0) is 11.4. The summed E-state index contributed by atoms with van der Waals surface area (Å²) in [6.45, 7) is 1.44. The third-order valence-electron chi connectivity index (χ3n) is 1.85. The number of para-hydroxylation sites is 1. The lowest BCUT2D eigenvalue weighted by Crippen LogP contribution is -2.07. The van der Waals surface area contributed by atoms with Crippen molar-refractivity contribution in [1.82, 2.24) is 0 Å². The van der Waals surface area contributed by atoms with E-state index in [1.807, 2.05) is 0 Å². The SMILES string of the molecule is CC(OC(=O)O)c1ccccc1[N+](=O)[O-]. The van der Waals surface area contributed by atoms with E-state index >= 15 is 0 Å². The number of hydrogen-bond acceptors (Lipinski definition) is 4. The first-order chi connectivity index (χ1) is 7.02. The highest BCUT2D eigenvalue weighted by atomic mass is 16.7. The van der Waals surface area contributed by atoms with Gasteiger partial charge in [-0.25, -0.2) is 4.79 Å². The van der Waals surface area contributed by atoms with Crippen molar-refractivity contribution >= 4 is 11.8 Å². The highest BCUT2D eigenvalue weighted by molar-refractivity contribution is 5.58. The maximum atomic E-state index is 10.6. The Hall–Kier alpha value is -2.11. The van der Waals surface area contributed by atoms with E-state index in [0.717, 1.165) is 0 Å². The number of benzene rings is 1. The van der Waals surface area contributed by atoms with Gasteiger partial charge in [0.2, 0.25) is 0 Å². The molecule has 0 fully saturated rings. The van der Waals surface area contributed by atoms with Gasteiger partial charge in [-0.1, -0.05) is 12.1 Å². The second kappa shape index (κ2) is 4.41. The summed E-state index contributed by atoms with van der Waals surface area (Å²) in [7, 11) is 0. The number of carboxylic acid groups (broad SMARTS) is 1. The van der Waals surface area contributed by atoms with E-state index in [1.165, 1.54) is 25.1 Å². The maximum Gasteiger partial charge on any atom is 0.506 e. The van der Waals surface area contributed by atoms with Crippen molar-refractivity contribution < 1.29 is 19.6 Å². The van der Waals surface area contributed by atoms with E-state index in [9.17, 15) is 14.9 Å². The van der Waals surface area contributed by atoms with Crippen LogP contribution in [0.4, 0.5) is 10.5 Å². The van der Waals surface area contributed by atoms with Crippen LogP contribution in [0.3, 0.4) is 0 Å². The molecule has 6 nitrogen and oxygen atoms in total. The predicted octanol–water partition coefficient (Wildman–Crippen LogP) is 2.35. The van der Waals surface area contributed by atoms with E-state index < -0.39 is 17.2 Å². The van der Waals surface area contributed by atoms with Gasteiger partial charge in [0, 0.05) is 6.07 Å². The molecule has 0 saturated carbocycles. The van der Waals surface area contributed by atoms with Gasteiger partial charge in [0.15, 0.2) is 0 Å². The topological polar surface area (TPSA) is 89.7 Å². The molecule has 15 heavy (non-hydrogen) atoms. The molecule has 1 aromatic carbocycles. The van der Waals surface area contributed by atoms with Crippen LogP contribution in [0, 0.1) is 10.1 Å². The fourth-order valence-corrected chi connectivity index (χ4v) is 1.21. The van der Waals surface area contributed by atoms with Crippen molar-refractivity contribution in [3.8, 4) is 0 Å². The maximum absolute atomic E-state index is 10.6. The summed E-state index contributed by atoms with van der Waals surface area (Å²) in [5, 5.41) is 19.0. The predicted molar refractivity (Wildman–Crippen MR) is 50.6 cm³/mol. The molecular formula is C9H9NO5. The first-order valence-corrected chi connectivity index (χ1v) is 4.15. The van der Waals surface area contributed by atoms with Crippen molar-refractivity contribution in [3.63, 3.8) is 0 Å². The van der Waals surface area contributed by atoms with Gasteiger partial charge < -0.3 is 9.84 Å². The summed E-state index contributed by atoms with van der Waals surface area (Å²) in [5.41, 5.74) is 0.0937. The number of carbonyl (C=O) groups is 1. The summed E-state index contributed by atoms with van der Waals surface area (Å²) >= 11 is 0. The summed E-state index contributed by atoms with van der Waals surface area (Å²) < 4.78 is 4.44. The fraction of sp³-hybridized carbons (Fsp3) is 0.222. The Morgan fingerprint density at radius 3 is 2.67 bits per heavy atom.